The molecule has 2 heterocycles. The molecule has 0 unspecified atom stereocenters. The number of nitrogen functional groups attached to an aromatic ring is 1. The Labute approximate surface area is 216 Å². The molecule has 2 aromatic heterocycles. The fraction of sp³-hybridized carbons (Fsp3) is 0.207. The maximum atomic E-state index is 6.31. The lowest BCUT2D eigenvalue weighted by Crippen LogP contribution is -2.28. The fourth-order valence-corrected chi connectivity index (χ4v) is 4.17. The number of fused-ring (bicyclic) bond motifs is 1. The third-order valence-corrected chi connectivity index (χ3v) is 6.16. The van der Waals surface area contributed by atoms with Crippen LogP contribution in [0.25, 0.3) is 28.0 Å². The second kappa shape index (κ2) is 10.8. The van der Waals surface area contributed by atoms with Gasteiger partial charge in [0.2, 0.25) is 0 Å². The SMILES string of the molecule is CN(C)CCN(C)Cc1ccc(-n2nc(-c3ccc(Oc4ccccc4)cc3)c3c(N)ncnc32)cc1. The maximum absolute atomic E-state index is 6.31. The quantitative estimate of drug-likeness (QED) is 0.314. The second-order valence-electron chi connectivity index (χ2n) is 9.36. The lowest BCUT2D eigenvalue weighted by atomic mass is 10.1. The minimum absolute atomic E-state index is 0.398. The monoisotopic (exact) mass is 493 g/mol. The van der Waals surface area contributed by atoms with Crippen molar-refractivity contribution < 1.29 is 4.74 Å². The number of ether oxygens (including phenoxy) is 1. The standard InChI is InChI=1S/C29H31N7O/c1-34(2)17-18-35(3)19-21-9-13-23(14-10-21)36-29-26(28(30)31-20-32-29)27(33-36)22-11-15-25(16-12-22)37-24-7-5-4-6-8-24/h4-16,20H,17-19H2,1-3H3,(H2,30,31,32). The van der Waals surface area contributed by atoms with E-state index >= 15 is 0 Å². The van der Waals surface area contributed by atoms with Crippen LogP contribution in [0.15, 0.2) is 85.2 Å². The summed E-state index contributed by atoms with van der Waals surface area (Å²) in [5.74, 6) is 1.93. The molecule has 0 aliphatic heterocycles. The van der Waals surface area contributed by atoms with Crippen molar-refractivity contribution in [2.75, 3.05) is 40.0 Å². The highest BCUT2D eigenvalue weighted by Crippen LogP contribution is 2.33. The van der Waals surface area contributed by atoms with Gasteiger partial charge in [-0.3, -0.25) is 0 Å². The van der Waals surface area contributed by atoms with E-state index in [2.05, 4.69) is 65.2 Å². The van der Waals surface area contributed by atoms with Gasteiger partial charge in [-0.1, -0.05) is 30.3 Å². The molecule has 0 fully saturated rings. The number of hydrogen-bond donors (Lipinski definition) is 1. The Morgan fingerprint density at radius 3 is 2.22 bits per heavy atom. The number of hydrogen-bond acceptors (Lipinski definition) is 7. The summed E-state index contributed by atoms with van der Waals surface area (Å²) in [5, 5.41) is 5.65. The normalized spacial score (nSPS) is 11.5. The minimum Gasteiger partial charge on any atom is -0.457 e. The number of rotatable bonds is 9. The van der Waals surface area contributed by atoms with Crippen molar-refractivity contribution >= 4 is 16.9 Å². The van der Waals surface area contributed by atoms with E-state index in [0.29, 0.717) is 11.5 Å². The van der Waals surface area contributed by atoms with Gasteiger partial charge in [0, 0.05) is 25.2 Å². The molecule has 37 heavy (non-hydrogen) atoms. The van der Waals surface area contributed by atoms with E-state index in [-0.39, 0.29) is 0 Å². The third kappa shape index (κ3) is 5.61. The summed E-state index contributed by atoms with van der Waals surface area (Å²) in [6.45, 7) is 2.91. The van der Waals surface area contributed by atoms with Gasteiger partial charge in [-0.2, -0.15) is 5.10 Å². The maximum Gasteiger partial charge on any atom is 0.169 e. The predicted octanol–water partition coefficient (Wildman–Crippen LogP) is 4.85. The van der Waals surface area contributed by atoms with Gasteiger partial charge in [-0.05, 0) is 75.2 Å². The van der Waals surface area contributed by atoms with Gasteiger partial charge < -0.3 is 20.3 Å². The molecule has 0 radical (unpaired) electrons. The van der Waals surface area contributed by atoms with Crippen LogP contribution in [-0.2, 0) is 6.54 Å². The van der Waals surface area contributed by atoms with Crippen LogP contribution < -0.4 is 10.5 Å². The van der Waals surface area contributed by atoms with Crippen molar-refractivity contribution in [3.8, 4) is 28.4 Å². The molecule has 8 nitrogen and oxygen atoms in total. The van der Waals surface area contributed by atoms with Crippen molar-refractivity contribution in [3.05, 3.63) is 90.8 Å². The zero-order valence-corrected chi connectivity index (χ0v) is 21.4. The number of anilines is 1. The summed E-state index contributed by atoms with van der Waals surface area (Å²) in [5.41, 5.74) is 10.8. The largest absolute Gasteiger partial charge is 0.457 e. The Bertz CT molecular complexity index is 1460. The predicted molar refractivity (Wildman–Crippen MR) is 148 cm³/mol. The zero-order chi connectivity index (χ0) is 25.8. The van der Waals surface area contributed by atoms with Gasteiger partial charge in [-0.15, -0.1) is 0 Å². The summed E-state index contributed by atoms with van der Waals surface area (Å²) in [4.78, 5) is 13.3. The Morgan fingerprint density at radius 1 is 0.811 bits per heavy atom. The molecule has 5 aromatic rings. The van der Waals surface area contributed by atoms with Crippen LogP contribution in [0.1, 0.15) is 5.56 Å². The number of benzene rings is 3. The molecule has 5 rings (SSSR count). The molecule has 2 N–H and O–H groups in total. The first kappa shape index (κ1) is 24.4. The molecular weight excluding hydrogens is 462 g/mol. The van der Waals surface area contributed by atoms with Crippen LogP contribution in [0.3, 0.4) is 0 Å². The van der Waals surface area contributed by atoms with Crippen LogP contribution >= 0.6 is 0 Å². The van der Waals surface area contributed by atoms with Gasteiger partial charge >= 0.3 is 0 Å². The molecule has 8 heteroatoms. The number of nitrogens with zero attached hydrogens (tertiary/aromatic N) is 6. The molecule has 0 amide bonds. The highest BCUT2D eigenvalue weighted by Gasteiger charge is 2.18. The van der Waals surface area contributed by atoms with Crippen molar-refractivity contribution in [1.29, 1.82) is 0 Å². The average molecular weight is 494 g/mol. The Kier molecular flexibility index (Phi) is 7.11. The van der Waals surface area contributed by atoms with Crippen LogP contribution in [0.5, 0.6) is 11.5 Å². The van der Waals surface area contributed by atoms with E-state index in [4.69, 9.17) is 15.6 Å². The molecule has 0 spiro atoms. The second-order valence-corrected chi connectivity index (χ2v) is 9.36. The van der Waals surface area contributed by atoms with Crippen molar-refractivity contribution in [3.63, 3.8) is 0 Å². The van der Waals surface area contributed by atoms with Gasteiger partial charge in [0.15, 0.2) is 5.65 Å². The first-order chi connectivity index (χ1) is 18.0. The van der Waals surface area contributed by atoms with Gasteiger partial charge in [0.25, 0.3) is 0 Å². The Balaban J connectivity index is 1.42. The first-order valence-corrected chi connectivity index (χ1v) is 12.2. The summed E-state index contributed by atoms with van der Waals surface area (Å²) < 4.78 is 7.77. The molecule has 0 saturated carbocycles. The minimum atomic E-state index is 0.398. The van der Waals surface area contributed by atoms with E-state index in [1.54, 1.807) is 0 Å². The van der Waals surface area contributed by atoms with Crippen molar-refractivity contribution in [2.24, 2.45) is 0 Å². The Hall–Kier alpha value is -4.27. The van der Waals surface area contributed by atoms with Crippen LogP contribution in [0, 0.1) is 0 Å². The molecule has 0 bridgehead atoms. The molecule has 0 aliphatic carbocycles. The number of para-hydroxylation sites is 1. The summed E-state index contributed by atoms with van der Waals surface area (Å²) in [6, 6.07) is 25.9. The van der Waals surface area contributed by atoms with E-state index < -0.39 is 0 Å². The van der Waals surface area contributed by atoms with Crippen molar-refractivity contribution in [2.45, 2.75) is 6.54 Å². The molecule has 3 aromatic carbocycles. The summed E-state index contributed by atoms with van der Waals surface area (Å²) in [6.07, 6.45) is 1.48. The third-order valence-electron chi connectivity index (χ3n) is 6.16. The van der Waals surface area contributed by atoms with E-state index in [9.17, 15) is 0 Å². The van der Waals surface area contributed by atoms with E-state index in [0.717, 1.165) is 53.5 Å². The van der Waals surface area contributed by atoms with Gasteiger partial charge in [-0.25, -0.2) is 14.6 Å². The lowest BCUT2D eigenvalue weighted by Gasteiger charge is -2.19. The fourth-order valence-electron chi connectivity index (χ4n) is 4.17. The summed E-state index contributed by atoms with van der Waals surface area (Å²) >= 11 is 0. The van der Waals surface area contributed by atoms with Crippen LogP contribution in [0.4, 0.5) is 5.82 Å². The topological polar surface area (TPSA) is 85.3 Å². The first-order valence-electron chi connectivity index (χ1n) is 12.2. The number of aromatic nitrogens is 4. The average Bonchev–Trinajstić information content (AvgIpc) is 3.30. The number of nitrogens with two attached hydrogens (primary N) is 1. The number of likely N-dealkylation sites (N-methyl/N-ethyl adjacent to an activating group) is 2. The molecule has 188 valence electrons. The lowest BCUT2D eigenvalue weighted by molar-refractivity contribution is 0.276. The molecule has 0 saturated heterocycles. The van der Waals surface area contributed by atoms with E-state index in [1.165, 1.54) is 11.9 Å². The van der Waals surface area contributed by atoms with Gasteiger partial charge in [0.1, 0.15) is 29.3 Å². The molecular formula is C29H31N7O. The highest BCUT2D eigenvalue weighted by atomic mass is 16.5. The molecule has 0 atom stereocenters. The van der Waals surface area contributed by atoms with Crippen LogP contribution in [-0.4, -0.2) is 63.8 Å². The van der Waals surface area contributed by atoms with Crippen molar-refractivity contribution in [1.82, 2.24) is 29.5 Å². The highest BCUT2D eigenvalue weighted by molar-refractivity contribution is 5.98. The molecule has 0 aliphatic rings. The zero-order valence-electron chi connectivity index (χ0n) is 21.4. The van der Waals surface area contributed by atoms with Crippen LogP contribution in [0.2, 0.25) is 0 Å². The van der Waals surface area contributed by atoms with E-state index in [1.807, 2.05) is 59.3 Å². The Morgan fingerprint density at radius 2 is 1.51 bits per heavy atom. The smallest absolute Gasteiger partial charge is 0.169 e. The summed E-state index contributed by atoms with van der Waals surface area (Å²) in [7, 11) is 6.32. The van der Waals surface area contributed by atoms with Gasteiger partial charge in [0.05, 0.1) is 11.1 Å².